The fraction of sp³-hybridized carbons (Fsp3) is 0.750. The number of hydrogen-bond donors (Lipinski definition) is 1. The summed E-state index contributed by atoms with van der Waals surface area (Å²) in [6.07, 6.45) is 8.25. The van der Waals surface area contributed by atoms with Crippen LogP contribution in [0.3, 0.4) is 0 Å². The Kier molecular flexibility index (Phi) is 6.64. The number of nitrogens with one attached hydrogen (secondary N) is 1. The number of aromatic nitrogens is 1. The van der Waals surface area contributed by atoms with E-state index in [1.54, 1.807) is 11.3 Å². The molecule has 2 rings (SSSR count). The van der Waals surface area contributed by atoms with Crippen LogP contribution in [0.25, 0.3) is 0 Å². The Balaban J connectivity index is 1.57. The van der Waals surface area contributed by atoms with Gasteiger partial charge in [-0.1, -0.05) is 19.3 Å². The van der Waals surface area contributed by atoms with E-state index in [4.69, 9.17) is 0 Å². The number of rotatable bonds is 7. The molecule has 0 aromatic carbocycles. The van der Waals surface area contributed by atoms with Gasteiger partial charge in [0.1, 0.15) is 0 Å². The minimum absolute atomic E-state index is 0.0839. The van der Waals surface area contributed by atoms with Crippen LogP contribution in [0, 0.1) is 6.92 Å². The summed E-state index contributed by atoms with van der Waals surface area (Å²) in [6, 6.07) is 0.757. The first-order valence-corrected chi connectivity index (χ1v) is 8.91. The van der Waals surface area contributed by atoms with Crippen LogP contribution in [0.1, 0.15) is 49.2 Å². The molecule has 1 heterocycles. The van der Waals surface area contributed by atoms with Crippen molar-refractivity contribution in [2.75, 3.05) is 20.1 Å². The zero-order chi connectivity index (χ0) is 15.1. The van der Waals surface area contributed by atoms with E-state index in [2.05, 4.69) is 22.2 Å². The van der Waals surface area contributed by atoms with Gasteiger partial charge in [-0.2, -0.15) is 0 Å². The number of hydrogen-bond acceptors (Lipinski definition) is 4. The second kappa shape index (κ2) is 8.49. The highest BCUT2D eigenvalue weighted by Gasteiger charge is 2.17. The van der Waals surface area contributed by atoms with Crippen molar-refractivity contribution in [2.45, 2.75) is 57.9 Å². The number of carbonyl (C=O) groups excluding carboxylic acids is 1. The van der Waals surface area contributed by atoms with Crippen LogP contribution in [0.2, 0.25) is 0 Å². The average Bonchev–Trinajstić information content (AvgIpc) is 2.89. The fourth-order valence-corrected chi connectivity index (χ4v) is 3.59. The lowest BCUT2D eigenvalue weighted by atomic mass is 9.94. The Morgan fingerprint density at radius 2 is 2.19 bits per heavy atom. The summed E-state index contributed by atoms with van der Waals surface area (Å²) >= 11 is 1.60. The first kappa shape index (κ1) is 16.4. The molecule has 0 bridgehead atoms. The lowest BCUT2D eigenvalue weighted by Crippen LogP contribution is -2.36. The molecule has 21 heavy (non-hydrogen) atoms. The lowest BCUT2D eigenvalue weighted by Gasteiger charge is -2.31. The predicted molar refractivity (Wildman–Crippen MR) is 87.7 cm³/mol. The molecule has 5 heteroatoms. The van der Waals surface area contributed by atoms with E-state index in [9.17, 15) is 4.79 Å². The number of thiazole rings is 1. The topological polar surface area (TPSA) is 45.2 Å². The lowest BCUT2D eigenvalue weighted by molar-refractivity contribution is -0.120. The van der Waals surface area contributed by atoms with Gasteiger partial charge in [0.05, 0.1) is 17.1 Å². The maximum Gasteiger partial charge on any atom is 0.226 e. The van der Waals surface area contributed by atoms with Crippen molar-refractivity contribution in [2.24, 2.45) is 0 Å². The largest absolute Gasteiger partial charge is 0.356 e. The molecule has 0 unspecified atom stereocenters. The van der Waals surface area contributed by atoms with Gasteiger partial charge < -0.3 is 10.2 Å². The van der Waals surface area contributed by atoms with Crippen LogP contribution in [-0.4, -0.2) is 42.0 Å². The molecule has 1 aromatic heterocycles. The van der Waals surface area contributed by atoms with Crippen molar-refractivity contribution < 1.29 is 4.79 Å². The molecule has 1 aliphatic rings. The molecule has 1 saturated carbocycles. The summed E-state index contributed by atoms with van der Waals surface area (Å²) in [5.41, 5.74) is 0.884. The maximum absolute atomic E-state index is 11.8. The molecule has 1 aliphatic carbocycles. The van der Waals surface area contributed by atoms with Crippen LogP contribution in [-0.2, 0) is 11.2 Å². The first-order valence-electron chi connectivity index (χ1n) is 8.03. The van der Waals surface area contributed by atoms with Crippen LogP contribution in [0.15, 0.2) is 5.38 Å². The van der Waals surface area contributed by atoms with E-state index in [0.29, 0.717) is 6.42 Å². The van der Waals surface area contributed by atoms with Gasteiger partial charge in [0.2, 0.25) is 5.91 Å². The summed E-state index contributed by atoms with van der Waals surface area (Å²) in [5.74, 6) is 0.0839. The van der Waals surface area contributed by atoms with Gasteiger partial charge in [0.25, 0.3) is 0 Å². The monoisotopic (exact) mass is 309 g/mol. The Bertz CT molecular complexity index is 440. The number of aryl methyl sites for hydroxylation is 1. The zero-order valence-corrected chi connectivity index (χ0v) is 14.0. The van der Waals surface area contributed by atoms with Crippen LogP contribution < -0.4 is 5.32 Å². The van der Waals surface area contributed by atoms with Gasteiger partial charge in [-0.3, -0.25) is 4.79 Å². The Morgan fingerprint density at radius 1 is 1.43 bits per heavy atom. The third kappa shape index (κ3) is 5.75. The highest BCUT2D eigenvalue weighted by atomic mass is 32.1. The first-order chi connectivity index (χ1) is 10.1. The molecule has 0 saturated heterocycles. The fourth-order valence-electron chi connectivity index (χ4n) is 2.98. The Morgan fingerprint density at radius 3 is 2.86 bits per heavy atom. The molecular weight excluding hydrogens is 282 g/mol. The maximum atomic E-state index is 11.8. The molecule has 4 nitrogen and oxygen atoms in total. The average molecular weight is 309 g/mol. The van der Waals surface area contributed by atoms with Crippen molar-refractivity contribution in [1.29, 1.82) is 0 Å². The van der Waals surface area contributed by atoms with Crippen LogP contribution >= 0.6 is 11.3 Å². The summed E-state index contributed by atoms with van der Waals surface area (Å²) in [7, 11) is 2.22. The van der Waals surface area contributed by atoms with E-state index >= 15 is 0 Å². The molecule has 1 amide bonds. The second-order valence-corrected chi connectivity index (χ2v) is 7.07. The Hall–Kier alpha value is -0.940. The van der Waals surface area contributed by atoms with Gasteiger partial charge in [-0.25, -0.2) is 4.98 Å². The molecule has 1 N–H and O–H groups in total. The van der Waals surface area contributed by atoms with E-state index in [1.165, 1.54) is 32.1 Å². The van der Waals surface area contributed by atoms with Gasteiger partial charge >= 0.3 is 0 Å². The zero-order valence-electron chi connectivity index (χ0n) is 13.2. The predicted octanol–water partition coefficient (Wildman–Crippen LogP) is 2.76. The van der Waals surface area contributed by atoms with E-state index in [-0.39, 0.29) is 5.91 Å². The van der Waals surface area contributed by atoms with Gasteiger partial charge in [-0.05, 0) is 39.8 Å². The van der Waals surface area contributed by atoms with Crippen LogP contribution in [0.4, 0.5) is 0 Å². The van der Waals surface area contributed by atoms with Crippen molar-refractivity contribution in [3.05, 3.63) is 16.1 Å². The smallest absolute Gasteiger partial charge is 0.226 e. The molecule has 118 valence electrons. The van der Waals surface area contributed by atoms with E-state index < -0.39 is 0 Å². The van der Waals surface area contributed by atoms with Gasteiger partial charge in [0, 0.05) is 18.0 Å². The van der Waals surface area contributed by atoms with Gasteiger partial charge in [0.15, 0.2) is 0 Å². The number of carbonyl (C=O) groups is 1. The van der Waals surface area contributed by atoms with Crippen molar-refractivity contribution in [3.8, 4) is 0 Å². The summed E-state index contributed by atoms with van der Waals surface area (Å²) in [5, 5.41) is 5.98. The summed E-state index contributed by atoms with van der Waals surface area (Å²) in [6.45, 7) is 3.80. The summed E-state index contributed by atoms with van der Waals surface area (Å²) in [4.78, 5) is 18.6. The van der Waals surface area contributed by atoms with Crippen molar-refractivity contribution in [1.82, 2.24) is 15.2 Å². The molecule has 0 aliphatic heterocycles. The normalized spacial score (nSPS) is 16.3. The summed E-state index contributed by atoms with van der Waals surface area (Å²) < 4.78 is 0. The SMILES string of the molecule is Cc1nc(CC(=O)NCCCN(C)C2CCCCC2)cs1. The molecule has 0 atom stereocenters. The molecule has 1 fully saturated rings. The second-order valence-electron chi connectivity index (χ2n) is 6.01. The van der Waals surface area contributed by atoms with Gasteiger partial charge in [-0.15, -0.1) is 11.3 Å². The van der Waals surface area contributed by atoms with Crippen LogP contribution in [0.5, 0.6) is 0 Å². The number of amides is 1. The molecule has 0 radical (unpaired) electrons. The van der Waals surface area contributed by atoms with Crippen molar-refractivity contribution in [3.63, 3.8) is 0 Å². The molecule has 1 aromatic rings. The highest BCUT2D eigenvalue weighted by Crippen LogP contribution is 2.21. The quantitative estimate of drug-likeness (QED) is 0.788. The molecule has 0 spiro atoms. The van der Waals surface area contributed by atoms with Crippen molar-refractivity contribution >= 4 is 17.2 Å². The van der Waals surface area contributed by atoms with E-state index in [1.807, 2.05) is 12.3 Å². The number of nitrogens with zero attached hydrogens (tertiary/aromatic N) is 2. The standard InChI is InChI=1S/C16H27N3OS/c1-13-18-14(12-21-13)11-16(20)17-9-6-10-19(2)15-7-4-3-5-8-15/h12,15H,3-11H2,1-2H3,(H,17,20). The Labute approximate surface area is 132 Å². The minimum Gasteiger partial charge on any atom is -0.356 e. The minimum atomic E-state index is 0.0839. The molecular formula is C16H27N3OS. The highest BCUT2D eigenvalue weighted by molar-refractivity contribution is 7.09. The third-order valence-electron chi connectivity index (χ3n) is 4.22. The van der Waals surface area contributed by atoms with E-state index in [0.717, 1.165) is 36.3 Å². The third-order valence-corrected chi connectivity index (χ3v) is 5.04.